The zero-order chi connectivity index (χ0) is 7.98. The molecule has 58 valence electrons. The average Bonchev–Trinajstić information content (AvgIpc) is 1.99. The maximum Gasteiger partial charge on any atom is 0.305 e. The summed E-state index contributed by atoms with van der Waals surface area (Å²) in [5.41, 5.74) is 1.23. The standard InChI is InChI=1S/C8H14O2/c1-4-7(2)5-6-8(9)10-3/h4H,5-6H2,1-3H3. The molecule has 0 radical (unpaired) electrons. The average molecular weight is 142 g/mol. The van der Waals surface area contributed by atoms with Crippen LogP contribution in [-0.4, -0.2) is 13.1 Å². The minimum Gasteiger partial charge on any atom is -0.469 e. The fraction of sp³-hybridized carbons (Fsp3) is 0.625. The van der Waals surface area contributed by atoms with Gasteiger partial charge < -0.3 is 4.74 Å². The second-order valence-corrected chi connectivity index (χ2v) is 2.21. The monoisotopic (exact) mass is 142 g/mol. The van der Waals surface area contributed by atoms with Gasteiger partial charge in [0.15, 0.2) is 0 Å². The van der Waals surface area contributed by atoms with Crippen LogP contribution in [0, 0.1) is 0 Å². The smallest absolute Gasteiger partial charge is 0.305 e. The second-order valence-electron chi connectivity index (χ2n) is 2.21. The molecule has 0 spiro atoms. The molecule has 0 aliphatic carbocycles. The van der Waals surface area contributed by atoms with Crippen molar-refractivity contribution in [3.05, 3.63) is 11.6 Å². The minimum absolute atomic E-state index is 0.138. The second kappa shape index (κ2) is 5.03. The molecule has 0 fully saturated rings. The number of esters is 1. The number of hydrogen-bond acceptors (Lipinski definition) is 2. The molecule has 0 rings (SSSR count). The van der Waals surface area contributed by atoms with Crippen molar-refractivity contribution in [3.63, 3.8) is 0 Å². The normalized spacial score (nSPS) is 11.3. The van der Waals surface area contributed by atoms with Crippen molar-refractivity contribution in [2.24, 2.45) is 0 Å². The van der Waals surface area contributed by atoms with Crippen LogP contribution in [0.15, 0.2) is 11.6 Å². The Bertz CT molecular complexity index is 136. The van der Waals surface area contributed by atoms with Gasteiger partial charge in [0.05, 0.1) is 7.11 Å². The maximum absolute atomic E-state index is 10.6. The highest BCUT2D eigenvalue weighted by atomic mass is 16.5. The largest absolute Gasteiger partial charge is 0.469 e. The molecule has 0 bridgehead atoms. The molecule has 0 aromatic carbocycles. The first-order valence-corrected chi connectivity index (χ1v) is 3.39. The van der Waals surface area contributed by atoms with Crippen LogP contribution in [0.5, 0.6) is 0 Å². The number of carbonyl (C=O) groups excluding carboxylic acids is 1. The van der Waals surface area contributed by atoms with Gasteiger partial charge in [0.25, 0.3) is 0 Å². The Labute approximate surface area is 61.9 Å². The molecule has 10 heavy (non-hydrogen) atoms. The molecule has 0 N–H and O–H groups in total. The number of ether oxygens (including phenoxy) is 1. The zero-order valence-corrected chi connectivity index (χ0v) is 6.81. The first-order valence-electron chi connectivity index (χ1n) is 3.39. The van der Waals surface area contributed by atoms with Gasteiger partial charge in [-0.05, 0) is 20.3 Å². The zero-order valence-electron chi connectivity index (χ0n) is 6.81. The number of rotatable bonds is 3. The number of methoxy groups -OCH3 is 1. The summed E-state index contributed by atoms with van der Waals surface area (Å²) in [5, 5.41) is 0. The minimum atomic E-state index is -0.138. The maximum atomic E-state index is 10.6. The molecule has 0 aliphatic rings. The van der Waals surface area contributed by atoms with Crippen LogP contribution < -0.4 is 0 Å². The van der Waals surface area contributed by atoms with Crippen molar-refractivity contribution in [2.45, 2.75) is 26.7 Å². The van der Waals surface area contributed by atoms with Crippen molar-refractivity contribution >= 4 is 5.97 Å². The molecular weight excluding hydrogens is 128 g/mol. The summed E-state index contributed by atoms with van der Waals surface area (Å²) < 4.78 is 4.48. The van der Waals surface area contributed by atoms with Crippen LogP contribution in [0.3, 0.4) is 0 Å². The Morgan fingerprint density at radius 3 is 2.50 bits per heavy atom. The topological polar surface area (TPSA) is 26.3 Å². The SMILES string of the molecule is CC=C(C)CCC(=O)OC. The van der Waals surface area contributed by atoms with Gasteiger partial charge in [-0.2, -0.15) is 0 Å². The number of allylic oxidation sites excluding steroid dienone is 2. The summed E-state index contributed by atoms with van der Waals surface area (Å²) in [6.45, 7) is 3.97. The molecule has 2 nitrogen and oxygen atoms in total. The van der Waals surface area contributed by atoms with Crippen molar-refractivity contribution in [2.75, 3.05) is 7.11 Å². The van der Waals surface area contributed by atoms with E-state index in [0.29, 0.717) is 6.42 Å². The van der Waals surface area contributed by atoms with Gasteiger partial charge in [-0.1, -0.05) is 11.6 Å². The third kappa shape index (κ3) is 4.13. The Morgan fingerprint density at radius 1 is 1.50 bits per heavy atom. The highest BCUT2D eigenvalue weighted by Gasteiger charge is 1.98. The highest BCUT2D eigenvalue weighted by molar-refractivity contribution is 5.69. The van der Waals surface area contributed by atoms with Crippen molar-refractivity contribution < 1.29 is 9.53 Å². The van der Waals surface area contributed by atoms with Crippen LogP contribution in [0.2, 0.25) is 0 Å². The van der Waals surface area contributed by atoms with Crippen LogP contribution in [0.25, 0.3) is 0 Å². The fourth-order valence-electron chi connectivity index (χ4n) is 0.546. The number of carbonyl (C=O) groups is 1. The molecule has 0 unspecified atom stereocenters. The Balaban J connectivity index is 3.45. The van der Waals surface area contributed by atoms with Gasteiger partial charge in [-0.3, -0.25) is 4.79 Å². The molecule has 0 atom stereocenters. The molecular formula is C8H14O2. The lowest BCUT2D eigenvalue weighted by atomic mass is 10.1. The van der Waals surface area contributed by atoms with Crippen molar-refractivity contribution in [1.29, 1.82) is 0 Å². The third-order valence-corrected chi connectivity index (χ3v) is 1.44. The van der Waals surface area contributed by atoms with Gasteiger partial charge in [0, 0.05) is 6.42 Å². The van der Waals surface area contributed by atoms with E-state index >= 15 is 0 Å². The number of hydrogen-bond donors (Lipinski definition) is 0. The van der Waals surface area contributed by atoms with E-state index in [-0.39, 0.29) is 5.97 Å². The highest BCUT2D eigenvalue weighted by Crippen LogP contribution is 2.03. The van der Waals surface area contributed by atoms with Gasteiger partial charge in [0.2, 0.25) is 0 Å². The van der Waals surface area contributed by atoms with Crippen molar-refractivity contribution in [1.82, 2.24) is 0 Å². The van der Waals surface area contributed by atoms with Gasteiger partial charge in [-0.15, -0.1) is 0 Å². The van der Waals surface area contributed by atoms with Crippen LogP contribution in [-0.2, 0) is 9.53 Å². The van der Waals surface area contributed by atoms with Crippen molar-refractivity contribution in [3.8, 4) is 0 Å². The summed E-state index contributed by atoms with van der Waals surface area (Å²) >= 11 is 0. The Morgan fingerprint density at radius 2 is 2.10 bits per heavy atom. The lowest BCUT2D eigenvalue weighted by Gasteiger charge is -1.97. The molecule has 0 saturated heterocycles. The lowest BCUT2D eigenvalue weighted by Crippen LogP contribution is -1.99. The lowest BCUT2D eigenvalue weighted by molar-refractivity contribution is -0.140. The Hall–Kier alpha value is -0.790. The van der Waals surface area contributed by atoms with E-state index in [4.69, 9.17) is 0 Å². The van der Waals surface area contributed by atoms with E-state index in [9.17, 15) is 4.79 Å². The fourth-order valence-corrected chi connectivity index (χ4v) is 0.546. The first kappa shape index (κ1) is 9.21. The van der Waals surface area contributed by atoms with E-state index in [1.807, 2.05) is 19.9 Å². The molecule has 0 aliphatic heterocycles. The predicted molar refractivity (Wildman–Crippen MR) is 40.7 cm³/mol. The molecule has 0 saturated carbocycles. The molecule has 0 amide bonds. The van der Waals surface area contributed by atoms with Gasteiger partial charge in [-0.25, -0.2) is 0 Å². The molecule has 0 aromatic rings. The van der Waals surface area contributed by atoms with Crippen LogP contribution in [0.1, 0.15) is 26.7 Å². The summed E-state index contributed by atoms with van der Waals surface area (Å²) in [5.74, 6) is -0.138. The van der Waals surface area contributed by atoms with E-state index < -0.39 is 0 Å². The summed E-state index contributed by atoms with van der Waals surface area (Å²) in [6, 6.07) is 0. The molecule has 0 heterocycles. The van der Waals surface area contributed by atoms with Crippen LogP contribution >= 0.6 is 0 Å². The molecule has 2 heteroatoms. The van der Waals surface area contributed by atoms with E-state index in [2.05, 4.69) is 4.74 Å². The third-order valence-electron chi connectivity index (χ3n) is 1.44. The van der Waals surface area contributed by atoms with E-state index in [0.717, 1.165) is 6.42 Å². The quantitative estimate of drug-likeness (QED) is 0.444. The molecule has 0 aromatic heterocycles. The van der Waals surface area contributed by atoms with E-state index in [1.165, 1.54) is 12.7 Å². The predicted octanol–water partition coefficient (Wildman–Crippen LogP) is 1.91. The van der Waals surface area contributed by atoms with Gasteiger partial charge in [0.1, 0.15) is 0 Å². The Kier molecular flexibility index (Phi) is 4.63. The first-order chi connectivity index (χ1) is 4.70. The summed E-state index contributed by atoms with van der Waals surface area (Å²) in [6.07, 6.45) is 3.30. The van der Waals surface area contributed by atoms with Gasteiger partial charge >= 0.3 is 5.97 Å². The van der Waals surface area contributed by atoms with E-state index in [1.54, 1.807) is 0 Å². The summed E-state index contributed by atoms with van der Waals surface area (Å²) in [7, 11) is 1.41. The van der Waals surface area contributed by atoms with Crippen LogP contribution in [0.4, 0.5) is 0 Å². The summed E-state index contributed by atoms with van der Waals surface area (Å²) in [4.78, 5) is 10.6.